The first-order valence-corrected chi connectivity index (χ1v) is 9.56. The minimum Gasteiger partial charge on any atom is -0.492 e. The van der Waals surface area contributed by atoms with Crippen LogP contribution in [0.15, 0.2) is 54.6 Å². The van der Waals surface area contributed by atoms with Crippen LogP contribution in [0, 0.1) is 0 Å². The van der Waals surface area contributed by atoms with Crippen LogP contribution in [0.1, 0.15) is 12.0 Å². The maximum Gasteiger partial charge on any atom is 0.224 e. The first-order valence-electron chi connectivity index (χ1n) is 9.56. The predicted octanol–water partition coefficient (Wildman–Crippen LogP) is 2.87. The second-order valence-corrected chi connectivity index (χ2v) is 7.13. The molecular formula is C22H29N3O2. The van der Waals surface area contributed by atoms with E-state index in [-0.39, 0.29) is 5.91 Å². The highest BCUT2D eigenvalue weighted by Crippen LogP contribution is 2.15. The molecule has 3 rings (SSSR count). The van der Waals surface area contributed by atoms with Gasteiger partial charge in [0.25, 0.3) is 0 Å². The van der Waals surface area contributed by atoms with Gasteiger partial charge in [0.05, 0.1) is 6.54 Å². The Kier molecular flexibility index (Phi) is 6.71. The molecule has 0 unspecified atom stereocenters. The number of anilines is 1. The lowest BCUT2D eigenvalue weighted by atomic mass is 10.2. The molecule has 0 spiro atoms. The Labute approximate surface area is 162 Å². The Balaban J connectivity index is 1.47. The SMILES string of the molecule is CN(C)c1ccc(CN2CCC(=O)N(CCOc3ccccc3)CC2)cc1. The molecule has 0 aromatic heterocycles. The number of nitrogens with zero attached hydrogens (tertiary/aromatic N) is 3. The van der Waals surface area contributed by atoms with Gasteiger partial charge in [-0.05, 0) is 29.8 Å². The van der Waals surface area contributed by atoms with Crippen LogP contribution in [0.25, 0.3) is 0 Å². The Morgan fingerprint density at radius 1 is 0.963 bits per heavy atom. The fraction of sp³-hybridized carbons (Fsp3) is 0.409. The van der Waals surface area contributed by atoms with Gasteiger partial charge in [-0.25, -0.2) is 0 Å². The summed E-state index contributed by atoms with van der Waals surface area (Å²) < 4.78 is 5.74. The Morgan fingerprint density at radius 2 is 1.70 bits per heavy atom. The molecule has 1 fully saturated rings. The molecule has 1 saturated heterocycles. The van der Waals surface area contributed by atoms with Crippen molar-refractivity contribution in [2.45, 2.75) is 13.0 Å². The lowest BCUT2D eigenvalue weighted by molar-refractivity contribution is -0.130. The molecular weight excluding hydrogens is 338 g/mol. The Bertz CT molecular complexity index is 716. The number of hydrogen-bond acceptors (Lipinski definition) is 4. The largest absolute Gasteiger partial charge is 0.492 e. The van der Waals surface area contributed by atoms with Gasteiger partial charge < -0.3 is 14.5 Å². The van der Waals surface area contributed by atoms with Gasteiger partial charge in [0.1, 0.15) is 12.4 Å². The molecule has 0 bridgehead atoms. The summed E-state index contributed by atoms with van der Waals surface area (Å²) in [6.45, 7) is 4.51. The molecule has 0 N–H and O–H groups in total. The van der Waals surface area contributed by atoms with Gasteiger partial charge in [-0.15, -0.1) is 0 Å². The van der Waals surface area contributed by atoms with Crippen molar-refractivity contribution in [3.63, 3.8) is 0 Å². The van der Waals surface area contributed by atoms with Gasteiger partial charge in [-0.2, -0.15) is 0 Å². The maximum absolute atomic E-state index is 12.4. The van der Waals surface area contributed by atoms with Crippen LogP contribution < -0.4 is 9.64 Å². The lowest BCUT2D eigenvalue weighted by Crippen LogP contribution is -2.36. The maximum atomic E-state index is 12.4. The molecule has 2 aromatic rings. The average Bonchev–Trinajstić information content (AvgIpc) is 2.85. The third kappa shape index (κ3) is 5.73. The van der Waals surface area contributed by atoms with E-state index in [9.17, 15) is 4.79 Å². The first-order chi connectivity index (χ1) is 13.1. The molecule has 0 aliphatic carbocycles. The Hall–Kier alpha value is -2.53. The van der Waals surface area contributed by atoms with Crippen LogP contribution in [0.2, 0.25) is 0 Å². The number of carbonyl (C=O) groups is 1. The minimum atomic E-state index is 0.220. The van der Waals surface area contributed by atoms with E-state index in [2.05, 4.69) is 34.1 Å². The van der Waals surface area contributed by atoms with Crippen LogP contribution >= 0.6 is 0 Å². The molecule has 2 aromatic carbocycles. The van der Waals surface area contributed by atoms with E-state index in [4.69, 9.17) is 4.74 Å². The van der Waals surface area contributed by atoms with Crippen LogP contribution in [-0.2, 0) is 11.3 Å². The standard InChI is InChI=1S/C22H29N3O2/c1-23(2)20-10-8-19(9-11-20)18-24-13-12-22(26)25(15-14-24)16-17-27-21-6-4-3-5-7-21/h3-11H,12-18H2,1-2H3. The van der Waals surface area contributed by atoms with Gasteiger partial charge in [0.15, 0.2) is 0 Å². The monoisotopic (exact) mass is 367 g/mol. The van der Waals surface area contributed by atoms with E-state index in [1.807, 2.05) is 49.3 Å². The summed E-state index contributed by atoms with van der Waals surface area (Å²) in [6, 6.07) is 18.4. The number of para-hydroxylation sites is 1. The van der Waals surface area contributed by atoms with Gasteiger partial charge in [0, 0.05) is 52.4 Å². The molecule has 5 nitrogen and oxygen atoms in total. The minimum absolute atomic E-state index is 0.220. The van der Waals surface area contributed by atoms with Crippen molar-refractivity contribution in [1.29, 1.82) is 0 Å². The number of amides is 1. The summed E-state index contributed by atoms with van der Waals surface area (Å²) in [5, 5.41) is 0. The molecule has 1 amide bonds. The molecule has 144 valence electrons. The number of carbonyl (C=O) groups excluding carboxylic acids is 1. The fourth-order valence-corrected chi connectivity index (χ4v) is 3.25. The summed E-state index contributed by atoms with van der Waals surface area (Å²) in [6.07, 6.45) is 0.571. The van der Waals surface area contributed by atoms with Gasteiger partial charge >= 0.3 is 0 Å². The average molecular weight is 367 g/mol. The van der Waals surface area contributed by atoms with Gasteiger partial charge in [-0.3, -0.25) is 9.69 Å². The third-order valence-electron chi connectivity index (χ3n) is 4.91. The first kappa shape index (κ1) is 19.2. The molecule has 1 aliphatic heterocycles. The van der Waals surface area contributed by atoms with Crippen molar-refractivity contribution < 1.29 is 9.53 Å². The normalized spacial score (nSPS) is 15.5. The molecule has 5 heteroatoms. The van der Waals surface area contributed by atoms with Crippen LogP contribution in [0.3, 0.4) is 0 Å². The fourth-order valence-electron chi connectivity index (χ4n) is 3.25. The highest BCUT2D eigenvalue weighted by molar-refractivity contribution is 5.76. The Morgan fingerprint density at radius 3 is 2.41 bits per heavy atom. The van der Waals surface area contributed by atoms with E-state index in [1.54, 1.807) is 0 Å². The van der Waals surface area contributed by atoms with Crippen LogP contribution in [-0.4, -0.2) is 62.6 Å². The summed E-state index contributed by atoms with van der Waals surface area (Å²) in [4.78, 5) is 18.8. The van der Waals surface area contributed by atoms with E-state index >= 15 is 0 Å². The zero-order chi connectivity index (χ0) is 19.1. The molecule has 1 aliphatic rings. The zero-order valence-electron chi connectivity index (χ0n) is 16.3. The topological polar surface area (TPSA) is 36.0 Å². The van der Waals surface area contributed by atoms with Crippen molar-refractivity contribution in [2.75, 3.05) is 51.8 Å². The second kappa shape index (κ2) is 9.42. The summed E-state index contributed by atoms with van der Waals surface area (Å²) in [5.41, 5.74) is 2.49. The summed E-state index contributed by atoms with van der Waals surface area (Å²) >= 11 is 0. The van der Waals surface area contributed by atoms with Gasteiger partial charge in [-0.1, -0.05) is 30.3 Å². The smallest absolute Gasteiger partial charge is 0.224 e. The highest BCUT2D eigenvalue weighted by atomic mass is 16.5. The molecule has 0 radical (unpaired) electrons. The van der Waals surface area contributed by atoms with Crippen molar-refractivity contribution in [3.05, 3.63) is 60.2 Å². The highest BCUT2D eigenvalue weighted by Gasteiger charge is 2.20. The van der Waals surface area contributed by atoms with Crippen LogP contribution in [0.5, 0.6) is 5.75 Å². The van der Waals surface area contributed by atoms with E-state index < -0.39 is 0 Å². The lowest BCUT2D eigenvalue weighted by Gasteiger charge is -2.22. The quantitative estimate of drug-likeness (QED) is 0.754. The number of rotatable bonds is 7. The van der Waals surface area contributed by atoms with E-state index in [1.165, 1.54) is 11.3 Å². The van der Waals surface area contributed by atoms with E-state index in [0.29, 0.717) is 19.6 Å². The molecule has 1 heterocycles. The summed E-state index contributed by atoms with van der Waals surface area (Å²) in [7, 11) is 4.09. The van der Waals surface area contributed by atoms with Crippen molar-refractivity contribution in [3.8, 4) is 5.75 Å². The number of benzene rings is 2. The van der Waals surface area contributed by atoms with Crippen LogP contribution in [0.4, 0.5) is 5.69 Å². The molecule has 0 saturated carbocycles. The van der Waals surface area contributed by atoms with Crippen molar-refractivity contribution in [1.82, 2.24) is 9.80 Å². The molecule has 27 heavy (non-hydrogen) atoms. The molecule has 0 atom stereocenters. The second-order valence-electron chi connectivity index (χ2n) is 7.13. The van der Waals surface area contributed by atoms with E-state index in [0.717, 1.165) is 31.9 Å². The third-order valence-corrected chi connectivity index (χ3v) is 4.91. The summed E-state index contributed by atoms with van der Waals surface area (Å²) in [5.74, 6) is 1.07. The zero-order valence-corrected chi connectivity index (χ0v) is 16.3. The number of hydrogen-bond donors (Lipinski definition) is 0. The van der Waals surface area contributed by atoms with Crippen molar-refractivity contribution in [2.24, 2.45) is 0 Å². The van der Waals surface area contributed by atoms with Gasteiger partial charge in [0.2, 0.25) is 5.91 Å². The predicted molar refractivity (Wildman–Crippen MR) is 109 cm³/mol. The number of ether oxygens (including phenoxy) is 1. The van der Waals surface area contributed by atoms with Crippen molar-refractivity contribution >= 4 is 11.6 Å².